The quantitative estimate of drug-likeness (QED) is 0.101. The van der Waals surface area contributed by atoms with Gasteiger partial charge < -0.3 is 20.5 Å². The zero-order valence-corrected chi connectivity index (χ0v) is 17.6. The van der Waals surface area contributed by atoms with E-state index in [2.05, 4.69) is 21.1 Å². The highest BCUT2D eigenvalue weighted by Gasteiger charge is 2.21. The molecule has 1 unspecified atom stereocenters. The van der Waals surface area contributed by atoms with E-state index in [9.17, 15) is 14.4 Å². The van der Waals surface area contributed by atoms with E-state index in [4.69, 9.17) is 10.3 Å². The predicted molar refractivity (Wildman–Crippen MR) is 123 cm³/mol. The van der Waals surface area contributed by atoms with Gasteiger partial charge >= 0.3 is 5.63 Å². The SMILES string of the molecule is Cc1cc(=O)oc2cc(NC(=O)C(CCCN=CNN)NC(=O)c3ccccc3)ccc12. The van der Waals surface area contributed by atoms with Crippen molar-refractivity contribution in [3.8, 4) is 0 Å². The van der Waals surface area contributed by atoms with Gasteiger partial charge in [-0.3, -0.25) is 14.6 Å². The number of nitrogens with one attached hydrogen (secondary N) is 3. The van der Waals surface area contributed by atoms with E-state index in [0.29, 0.717) is 36.2 Å². The van der Waals surface area contributed by atoms with Gasteiger partial charge in [-0.25, -0.2) is 10.6 Å². The Morgan fingerprint density at radius 1 is 1.16 bits per heavy atom. The number of nitrogens with zero attached hydrogens (tertiary/aromatic N) is 1. The lowest BCUT2D eigenvalue weighted by atomic mass is 10.1. The Morgan fingerprint density at radius 2 is 1.94 bits per heavy atom. The van der Waals surface area contributed by atoms with Crippen LogP contribution in [0.2, 0.25) is 0 Å². The van der Waals surface area contributed by atoms with Crippen LogP contribution >= 0.6 is 0 Å². The Labute approximate surface area is 184 Å². The summed E-state index contributed by atoms with van der Waals surface area (Å²) in [6, 6.07) is 14.4. The molecule has 2 amide bonds. The summed E-state index contributed by atoms with van der Waals surface area (Å²) >= 11 is 0. The molecule has 0 spiro atoms. The largest absolute Gasteiger partial charge is 0.423 e. The predicted octanol–water partition coefficient (Wildman–Crippen LogP) is 2.11. The van der Waals surface area contributed by atoms with Crippen LogP contribution in [0.3, 0.4) is 0 Å². The summed E-state index contributed by atoms with van der Waals surface area (Å²) in [5.74, 6) is 4.41. The van der Waals surface area contributed by atoms with Crippen molar-refractivity contribution in [2.45, 2.75) is 25.8 Å². The topological polar surface area (TPSA) is 139 Å². The maximum atomic E-state index is 13.0. The van der Waals surface area contributed by atoms with Crippen molar-refractivity contribution in [3.63, 3.8) is 0 Å². The fraction of sp³-hybridized carbons (Fsp3) is 0.217. The second-order valence-corrected chi connectivity index (χ2v) is 7.18. The molecule has 32 heavy (non-hydrogen) atoms. The van der Waals surface area contributed by atoms with Crippen molar-refractivity contribution >= 4 is 34.8 Å². The van der Waals surface area contributed by atoms with Crippen molar-refractivity contribution in [3.05, 3.63) is 76.1 Å². The summed E-state index contributed by atoms with van der Waals surface area (Å²) in [7, 11) is 0. The molecule has 9 nitrogen and oxygen atoms in total. The molecule has 0 aliphatic heterocycles. The number of hydrogen-bond acceptors (Lipinski definition) is 6. The second-order valence-electron chi connectivity index (χ2n) is 7.18. The van der Waals surface area contributed by atoms with Gasteiger partial charge in [0.05, 0.1) is 6.34 Å². The normalized spacial score (nSPS) is 11.9. The molecule has 0 bridgehead atoms. The molecular formula is C23H25N5O4. The Balaban J connectivity index is 1.75. The van der Waals surface area contributed by atoms with Gasteiger partial charge in [-0.15, -0.1) is 0 Å². The number of benzene rings is 2. The van der Waals surface area contributed by atoms with E-state index < -0.39 is 11.7 Å². The summed E-state index contributed by atoms with van der Waals surface area (Å²) < 4.78 is 5.24. The lowest BCUT2D eigenvalue weighted by Gasteiger charge is -2.18. The monoisotopic (exact) mass is 435 g/mol. The van der Waals surface area contributed by atoms with Crippen LogP contribution in [0.1, 0.15) is 28.8 Å². The maximum Gasteiger partial charge on any atom is 0.336 e. The van der Waals surface area contributed by atoms with Crippen molar-refractivity contribution in [2.75, 3.05) is 11.9 Å². The molecular weight excluding hydrogens is 410 g/mol. The van der Waals surface area contributed by atoms with E-state index in [1.54, 1.807) is 42.5 Å². The first-order chi connectivity index (χ1) is 15.5. The highest BCUT2D eigenvalue weighted by molar-refractivity contribution is 6.01. The highest BCUT2D eigenvalue weighted by atomic mass is 16.4. The number of anilines is 1. The molecule has 1 aromatic heterocycles. The van der Waals surface area contributed by atoms with Crippen LogP contribution in [-0.2, 0) is 4.79 Å². The molecule has 9 heteroatoms. The van der Waals surface area contributed by atoms with Gasteiger partial charge in [-0.2, -0.15) is 0 Å². The van der Waals surface area contributed by atoms with Crippen molar-refractivity contribution in [2.24, 2.45) is 10.8 Å². The maximum absolute atomic E-state index is 13.0. The van der Waals surface area contributed by atoms with Crippen LogP contribution in [-0.4, -0.2) is 30.7 Å². The van der Waals surface area contributed by atoms with Crippen LogP contribution in [0.25, 0.3) is 11.0 Å². The smallest absolute Gasteiger partial charge is 0.336 e. The van der Waals surface area contributed by atoms with Gasteiger partial charge in [0.25, 0.3) is 5.91 Å². The first-order valence-corrected chi connectivity index (χ1v) is 10.1. The molecule has 3 aromatic rings. The summed E-state index contributed by atoms with van der Waals surface area (Å²) in [6.45, 7) is 2.25. The number of rotatable bonds is 9. The third-order valence-electron chi connectivity index (χ3n) is 4.82. The lowest BCUT2D eigenvalue weighted by Crippen LogP contribution is -2.44. The van der Waals surface area contributed by atoms with Crippen LogP contribution in [0.5, 0.6) is 0 Å². The van der Waals surface area contributed by atoms with Crippen molar-refractivity contribution < 1.29 is 14.0 Å². The molecule has 1 atom stereocenters. The summed E-state index contributed by atoms with van der Waals surface area (Å²) in [5.41, 5.74) is 3.94. The number of aliphatic imine (C=N–C) groups is 1. The van der Waals surface area contributed by atoms with Crippen LogP contribution in [0.15, 0.2) is 68.8 Å². The first kappa shape index (κ1) is 22.7. The Hall–Kier alpha value is -3.98. The minimum Gasteiger partial charge on any atom is -0.423 e. The van der Waals surface area contributed by atoms with Gasteiger partial charge in [0.15, 0.2) is 0 Å². The Bertz CT molecular complexity index is 1170. The molecule has 0 fully saturated rings. The number of carbonyl (C=O) groups excluding carboxylic acids is 2. The zero-order valence-electron chi connectivity index (χ0n) is 17.6. The van der Waals surface area contributed by atoms with Gasteiger partial charge in [-0.1, -0.05) is 18.2 Å². The zero-order chi connectivity index (χ0) is 22.9. The van der Waals surface area contributed by atoms with Crippen molar-refractivity contribution in [1.29, 1.82) is 0 Å². The fourth-order valence-corrected chi connectivity index (χ4v) is 3.24. The van der Waals surface area contributed by atoms with E-state index in [0.717, 1.165) is 10.9 Å². The minimum atomic E-state index is -0.788. The number of hydrazine groups is 1. The molecule has 0 saturated heterocycles. The highest BCUT2D eigenvalue weighted by Crippen LogP contribution is 2.21. The van der Waals surface area contributed by atoms with Gasteiger partial charge in [0.2, 0.25) is 5.91 Å². The number of hydrogen-bond donors (Lipinski definition) is 4. The average molecular weight is 435 g/mol. The average Bonchev–Trinajstić information content (AvgIpc) is 2.78. The number of fused-ring (bicyclic) bond motifs is 1. The Morgan fingerprint density at radius 3 is 2.69 bits per heavy atom. The van der Waals surface area contributed by atoms with Gasteiger partial charge in [0, 0.05) is 35.3 Å². The molecule has 3 rings (SSSR count). The van der Waals surface area contributed by atoms with E-state index >= 15 is 0 Å². The molecule has 0 saturated carbocycles. The van der Waals surface area contributed by atoms with E-state index in [-0.39, 0.29) is 11.8 Å². The third kappa shape index (κ3) is 6.02. The molecule has 166 valence electrons. The molecule has 2 aromatic carbocycles. The summed E-state index contributed by atoms with van der Waals surface area (Å²) in [5, 5.41) is 6.36. The molecule has 5 N–H and O–H groups in total. The van der Waals surface area contributed by atoms with Gasteiger partial charge in [0.1, 0.15) is 11.6 Å². The van der Waals surface area contributed by atoms with Crippen LogP contribution in [0.4, 0.5) is 5.69 Å². The molecule has 0 radical (unpaired) electrons. The third-order valence-corrected chi connectivity index (χ3v) is 4.82. The molecule has 0 aliphatic carbocycles. The second kappa shape index (κ2) is 10.9. The summed E-state index contributed by atoms with van der Waals surface area (Å²) in [4.78, 5) is 41.3. The van der Waals surface area contributed by atoms with Crippen LogP contribution in [0, 0.1) is 6.92 Å². The number of nitrogens with two attached hydrogens (primary N) is 1. The van der Waals surface area contributed by atoms with E-state index in [1.807, 2.05) is 13.0 Å². The lowest BCUT2D eigenvalue weighted by molar-refractivity contribution is -0.118. The first-order valence-electron chi connectivity index (χ1n) is 10.1. The van der Waals surface area contributed by atoms with Crippen molar-refractivity contribution in [1.82, 2.24) is 10.7 Å². The standard InChI is InChI=1S/C23H25N5O4/c1-15-12-21(29)32-20-13-17(9-10-18(15)20)27-23(31)19(8-5-11-25-14-26-24)28-22(30)16-6-3-2-4-7-16/h2-4,6-7,9-10,12-14,19H,5,8,11,24H2,1H3,(H,25,26)(H,27,31)(H,28,30). The number of amides is 2. The summed E-state index contributed by atoms with van der Waals surface area (Å²) in [6.07, 6.45) is 2.29. The minimum absolute atomic E-state index is 0.349. The number of carbonyl (C=O) groups is 2. The molecule has 1 heterocycles. The molecule has 0 aliphatic rings. The van der Waals surface area contributed by atoms with Gasteiger partial charge in [-0.05, 0) is 49.6 Å². The number of aryl methyl sites for hydroxylation is 1. The van der Waals surface area contributed by atoms with Crippen LogP contribution < -0.4 is 27.5 Å². The fourth-order valence-electron chi connectivity index (χ4n) is 3.24. The Kier molecular flexibility index (Phi) is 7.71. The van der Waals surface area contributed by atoms with E-state index in [1.165, 1.54) is 12.4 Å².